The van der Waals surface area contributed by atoms with Crippen LogP contribution in [-0.4, -0.2) is 51.3 Å². The second-order valence-electron chi connectivity index (χ2n) is 7.14. The normalized spacial score (nSPS) is 14.8. The summed E-state index contributed by atoms with van der Waals surface area (Å²) in [5.74, 6) is 1.22. The van der Waals surface area contributed by atoms with Crippen LogP contribution >= 0.6 is 0 Å². The van der Waals surface area contributed by atoms with Crippen LogP contribution < -0.4 is 20.4 Å². The third kappa shape index (κ3) is 4.60. The minimum atomic E-state index is -0.386. The number of hydrogen-bond donors (Lipinski definition) is 1. The van der Waals surface area contributed by atoms with Crippen LogP contribution in [0.3, 0.4) is 0 Å². The highest BCUT2D eigenvalue weighted by Gasteiger charge is 2.14. The number of piperazine rings is 1. The average Bonchev–Trinajstić information content (AvgIpc) is 2.77. The van der Waals surface area contributed by atoms with Gasteiger partial charge in [0.05, 0.1) is 13.7 Å². The van der Waals surface area contributed by atoms with Gasteiger partial charge in [-0.15, -0.1) is 0 Å². The van der Waals surface area contributed by atoms with Crippen LogP contribution in [0.25, 0.3) is 22.1 Å². The second-order valence-corrected chi connectivity index (χ2v) is 7.14. The van der Waals surface area contributed by atoms with Crippen LogP contribution in [0.5, 0.6) is 11.5 Å². The minimum Gasteiger partial charge on any atom is -0.493 e. The third-order valence-electron chi connectivity index (χ3n) is 5.20. The molecule has 2 heterocycles. The lowest BCUT2D eigenvalue weighted by Gasteiger charge is -2.27. The van der Waals surface area contributed by atoms with Crippen molar-refractivity contribution in [3.63, 3.8) is 0 Å². The van der Waals surface area contributed by atoms with E-state index in [0.29, 0.717) is 23.7 Å². The Morgan fingerprint density at radius 2 is 1.86 bits per heavy atom. The van der Waals surface area contributed by atoms with Gasteiger partial charge in [0.25, 0.3) is 0 Å². The Labute approximate surface area is 170 Å². The maximum atomic E-state index is 12.1. The van der Waals surface area contributed by atoms with Crippen molar-refractivity contribution in [3.8, 4) is 22.6 Å². The lowest BCUT2D eigenvalue weighted by atomic mass is 10.0. The SMILES string of the molecule is COc1cc2oc(=O)cc(-c3ccccc3)c2cc1OCCCN1CCNCC1. The molecule has 0 unspecified atom stereocenters. The van der Waals surface area contributed by atoms with Crippen molar-refractivity contribution in [2.45, 2.75) is 6.42 Å². The summed E-state index contributed by atoms with van der Waals surface area (Å²) >= 11 is 0. The molecule has 6 heteroatoms. The molecule has 4 rings (SSSR count). The van der Waals surface area contributed by atoms with Crippen molar-refractivity contribution in [2.75, 3.05) is 46.4 Å². The number of nitrogens with zero attached hydrogens (tertiary/aromatic N) is 1. The summed E-state index contributed by atoms with van der Waals surface area (Å²) in [5.41, 5.74) is 1.88. The predicted molar refractivity (Wildman–Crippen MR) is 114 cm³/mol. The highest BCUT2D eigenvalue weighted by Crippen LogP contribution is 2.36. The summed E-state index contributed by atoms with van der Waals surface area (Å²) in [6.45, 7) is 5.88. The first-order valence-corrected chi connectivity index (χ1v) is 10.0. The molecule has 1 aliphatic heterocycles. The van der Waals surface area contributed by atoms with Crippen LogP contribution in [0.15, 0.2) is 57.7 Å². The first-order chi connectivity index (χ1) is 14.2. The van der Waals surface area contributed by atoms with Crippen molar-refractivity contribution in [1.29, 1.82) is 0 Å². The number of fused-ring (bicyclic) bond motifs is 1. The highest BCUT2D eigenvalue weighted by atomic mass is 16.5. The van der Waals surface area contributed by atoms with Crippen LogP contribution in [-0.2, 0) is 0 Å². The molecule has 0 atom stereocenters. The van der Waals surface area contributed by atoms with E-state index in [4.69, 9.17) is 13.9 Å². The van der Waals surface area contributed by atoms with Crippen molar-refractivity contribution < 1.29 is 13.9 Å². The molecular weight excluding hydrogens is 368 g/mol. The van der Waals surface area contributed by atoms with E-state index in [1.165, 1.54) is 6.07 Å². The lowest BCUT2D eigenvalue weighted by Crippen LogP contribution is -2.43. The van der Waals surface area contributed by atoms with Crippen molar-refractivity contribution in [3.05, 3.63) is 59.0 Å². The summed E-state index contributed by atoms with van der Waals surface area (Å²) in [6, 6.07) is 15.0. The molecule has 0 amide bonds. The van der Waals surface area contributed by atoms with Crippen LogP contribution in [0.4, 0.5) is 0 Å². The molecule has 1 aromatic heterocycles. The summed E-state index contributed by atoms with van der Waals surface area (Å²) in [7, 11) is 1.59. The summed E-state index contributed by atoms with van der Waals surface area (Å²) < 4.78 is 17.0. The molecule has 0 bridgehead atoms. The van der Waals surface area contributed by atoms with E-state index in [1.807, 2.05) is 36.4 Å². The Morgan fingerprint density at radius 1 is 1.07 bits per heavy atom. The molecule has 6 nitrogen and oxygen atoms in total. The van der Waals surface area contributed by atoms with Gasteiger partial charge in [0, 0.05) is 50.2 Å². The Morgan fingerprint density at radius 3 is 2.62 bits per heavy atom. The fourth-order valence-corrected chi connectivity index (χ4v) is 3.70. The van der Waals surface area contributed by atoms with Gasteiger partial charge in [-0.05, 0) is 23.6 Å². The predicted octanol–water partition coefficient (Wildman–Crippen LogP) is 3.14. The maximum Gasteiger partial charge on any atom is 0.336 e. The van der Waals surface area contributed by atoms with Gasteiger partial charge in [0.2, 0.25) is 0 Å². The number of rotatable bonds is 7. The van der Waals surface area contributed by atoms with Crippen LogP contribution in [0, 0.1) is 0 Å². The fraction of sp³-hybridized carbons (Fsp3) is 0.348. The van der Waals surface area contributed by atoms with E-state index in [0.717, 1.165) is 55.7 Å². The average molecular weight is 394 g/mol. The summed E-state index contributed by atoms with van der Waals surface area (Å²) in [4.78, 5) is 14.5. The monoisotopic (exact) mass is 394 g/mol. The zero-order valence-corrected chi connectivity index (χ0v) is 16.6. The molecule has 1 N–H and O–H groups in total. The summed E-state index contributed by atoms with van der Waals surface area (Å²) in [5, 5.41) is 4.19. The van der Waals surface area contributed by atoms with Gasteiger partial charge in [-0.1, -0.05) is 30.3 Å². The standard InChI is InChI=1S/C23H26N2O4/c1-27-21-16-20-19(18(15-23(26)29-20)17-6-3-2-4-7-17)14-22(21)28-13-5-10-25-11-8-24-9-12-25/h2-4,6-7,14-16,24H,5,8-13H2,1H3. The van der Waals surface area contributed by atoms with Crippen LogP contribution in [0.2, 0.25) is 0 Å². The highest BCUT2D eigenvalue weighted by molar-refractivity contribution is 5.95. The van der Waals surface area contributed by atoms with E-state index < -0.39 is 0 Å². The molecule has 29 heavy (non-hydrogen) atoms. The second kappa shape index (κ2) is 9.11. The Hall–Kier alpha value is -2.83. The van der Waals surface area contributed by atoms with Gasteiger partial charge in [0.15, 0.2) is 11.5 Å². The Kier molecular flexibility index (Phi) is 6.12. The number of ether oxygens (including phenoxy) is 2. The van der Waals surface area contributed by atoms with Gasteiger partial charge >= 0.3 is 5.63 Å². The first kappa shape index (κ1) is 19.5. The minimum absolute atomic E-state index is 0.386. The zero-order valence-electron chi connectivity index (χ0n) is 16.6. The molecule has 152 valence electrons. The number of methoxy groups -OCH3 is 1. The smallest absolute Gasteiger partial charge is 0.336 e. The van der Waals surface area contributed by atoms with Gasteiger partial charge in [-0.2, -0.15) is 0 Å². The maximum absolute atomic E-state index is 12.1. The Bertz CT molecular complexity index is 1010. The molecule has 1 saturated heterocycles. The molecule has 0 aliphatic carbocycles. The third-order valence-corrected chi connectivity index (χ3v) is 5.20. The van der Waals surface area contributed by atoms with E-state index in [1.54, 1.807) is 13.2 Å². The molecule has 1 aliphatic rings. The molecule has 0 radical (unpaired) electrons. The van der Waals surface area contributed by atoms with Crippen LogP contribution in [0.1, 0.15) is 6.42 Å². The molecule has 2 aromatic carbocycles. The van der Waals surface area contributed by atoms with Gasteiger partial charge < -0.3 is 24.1 Å². The molecule has 1 fully saturated rings. The van der Waals surface area contributed by atoms with Crippen molar-refractivity contribution in [2.24, 2.45) is 0 Å². The number of nitrogens with one attached hydrogen (secondary N) is 1. The fourth-order valence-electron chi connectivity index (χ4n) is 3.70. The van der Waals surface area contributed by atoms with Crippen molar-refractivity contribution >= 4 is 11.0 Å². The van der Waals surface area contributed by atoms with Gasteiger partial charge in [0.1, 0.15) is 5.58 Å². The van der Waals surface area contributed by atoms with E-state index in [2.05, 4.69) is 10.2 Å². The number of hydrogen-bond acceptors (Lipinski definition) is 6. The molecular formula is C23H26N2O4. The lowest BCUT2D eigenvalue weighted by molar-refractivity contribution is 0.211. The summed E-state index contributed by atoms with van der Waals surface area (Å²) in [6.07, 6.45) is 0.941. The largest absolute Gasteiger partial charge is 0.493 e. The number of benzene rings is 2. The molecule has 3 aromatic rings. The molecule has 0 spiro atoms. The first-order valence-electron chi connectivity index (χ1n) is 10.0. The van der Waals surface area contributed by atoms with Gasteiger partial charge in [-0.3, -0.25) is 0 Å². The van der Waals surface area contributed by atoms with E-state index in [9.17, 15) is 4.79 Å². The van der Waals surface area contributed by atoms with Gasteiger partial charge in [-0.25, -0.2) is 4.79 Å². The van der Waals surface area contributed by atoms with E-state index >= 15 is 0 Å². The van der Waals surface area contributed by atoms with Crippen molar-refractivity contribution in [1.82, 2.24) is 10.2 Å². The Balaban J connectivity index is 1.58. The topological polar surface area (TPSA) is 63.9 Å². The molecule has 0 saturated carbocycles. The van der Waals surface area contributed by atoms with E-state index in [-0.39, 0.29) is 5.63 Å². The quantitative estimate of drug-likeness (QED) is 0.491. The zero-order chi connectivity index (χ0) is 20.1.